The van der Waals surface area contributed by atoms with E-state index in [1.54, 1.807) is 13.1 Å². The molecule has 1 saturated heterocycles. The highest BCUT2D eigenvalue weighted by molar-refractivity contribution is 7.86. The van der Waals surface area contributed by atoms with Gasteiger partial charge in [-0.05, 0) is 23.6 Å². The number of H-pyrrole nitrogens is 1. The zero-order valence-electron chi connectivity index (χ0n) is 22.1. The maximum Gasteiger partial charge on any atom is 0.328 e. The summed E-state index contributed by atoms with van der Waals surface area (Å²) in [6.07, 6.45) is 0.268. The molecule has 1 N–H and O–H groups in total. The zero-order chi connectivity index (χ0) is 28.3. The molecule has 0 spiro atoms. The smallest absolute Gasteiger partial charge is 0.328 e. The maximum absolute atomic E-state index is 12.7. The van der Waals surface area contributed by atoms with Gasteiger partial charge >= 0.3 is 5.69 Å². The van der Waals surface area contributed by atoms with Crippen LogP contribution in [0.3, 0.4) is 0 Å². The number of aromatic nitrogens is 2. The summed E-state index contributed by atoms with van der Waals surface area (Å²) < 4.78 is 44.7. The summed E-state index contributed by atoms with van der Waals surface area (Å²) in [5.74, 6) is 0. The third kappa shape index (κ3) is 5.86. The van der Waals surface area contributed by atoms with Gasteiger partial charge in [-0.3, -0.25) is 13.7 Å². The first-order valence-corrected chi connectivity index (χ1v) is 15.1. The van der Waals surface area contributed by atoms with Crippen LogP contribution in [0.5, 0.6) is 0 Å². The first kappa shape index (κ1) is 28.1. The predicted molar refractivity (Wildman–Crippen MR) is 154 cm³/mol. The van der Waals surface area contributed by atoms with E-state index in [0.29, 0.717) is 10.2 Å². The summed E-state index contributed by atoms with van der Waals surface area (Å²) in [7, 11) is -3.83. The van der Waals surface area contributed by atoms with Crippen LogP contribution >= 0.6 is 12.2 Å². The molecule has 3 aromatic carbocycles. The van der Waals surface area contributed by atoms with Crippen LogP contribution in [0.15, 0.2) is 102 Å². The summed E-state index contributed by atoms with van der Waals surface area (Å²) in [6.45, 7) is 1.76. The third-order valence-electron chi connectivity index (χ3n) is 6.94. The van der Waals surface area contributed by atoms with E-state index in [0.717, 1.165) is 22.9 Å². The number of aryl methyl sites for hydroxylation is 1. The van der Waals surface area contributed by atoms with E-state index in [9.17, 15) is 13.2 Å². The quantitative estimate of drug-likeness (QED) is 0.172. The minimum atomic E-state index is -3.83. The molecule has 0 radical (unpaired) electrons. The Kier molecular flexibility index (Phi) is 8.16. The van der Waals surface area contributed by atoms with Crippen molar-refractivity contribution in [2.75, 3.05) is 12.9 Å². The van der Waals surface area contributed by atoms with Gasteiger partial charge in [0.15, 0.2) is 0 Å². The Morgan fingerprint density at radius 1 is 0.950 bits per heavy atom. The van der Waals surface area contributed by atoms with E-state index in [-0.39, 0.29) is 13.0 Å². The molecule has 0 amide bonds. The van der Waals surface area contributed by atoms with Crippen LogP contribution in [0.1, 0.15) is 34.9 Å². The Morgan fingerprint density at radius 2 is 1.45 bits per heavy atom. The monoisotopic (exact) mass is 578 g/mol. The zero-order valence-corrected chi connectivity index (χ0v) is 23.7. The standard InChI is InChI=1S/C30H30N2O6S2/c1-21-19-32(29(33)31-28(21)39)27-18-25(38-40(2,34)35)26(37-27)20-36-30(22-12-6-3-7-13-22,23-14-8-4-9-15-23)24-16-10-5-11-17-24/h3-17,19,25-27H,18,20H2,1-2H3,(H,31,33,39)/t25-,26+,27+/m0/s1. The van der Waals surface area contributed by atoms with Crippen molar-refractivity contribution in [3.8, 4) is 0 Å². The Balaban J connectivity index is 1.56. The summed E-state index contributed by atoms with van der Waals surface area (Å²) in [4.78, 5) is 15.4. The lowest BCUT2D eigenvalue weighted by Gasteiger charge is -2.37. The summed E-state index contributed by atoms with van der Waals surface area (Å²) in [6, 6.07) is 29.5. The van der Waals surface area contributed by atoms with Crippen molar-refractivity contribution in [3.63, 3.8) is 0 Å². The van der Waals surface area contributed by atoms with Crippen LogP contribution in [0, 0.1) is 11.6 Å². The SMILES string of the molecule is Cc1cn([C@H]2C[C@H](OS(C)(=O)=O)[C@@H](COC(c3ccccc3)(c3ccccc3)c3ccccc3)O2)c(=O)[nH]c1=S. The van der Waals surface area contributed by atoms with Gasteiger partial charge < -0.3 is 9.47 Å². The molecule has 1 fully saturated rings. The summed E-state index contributed by atoms with van der Waals surface area (Å²) >= 11 is 5.18. The number of ether oxygens (including phenoxy) is 2. The molecule has 40 heavy (non-hydrogen) atoms. The second kappa shape index (κ2) is 11.6. The lowest BCUT2D eigenvalue weighted by molar-refractivity contribution is -0.0910. The molecule has 8 nitrogen and oxygen atoms in total. The Hall–Kier alpha value is -3.41. The molecule has 0 aliphatic carbocycles. The molecule has 1 aromatic heterocycles. The molecule has 208 valence electrons. The lowest BCUT2D eigenvalue weighted by atomic mass is 9.80. The van der Waals surface area contributed by atoms with E-state index in [1.807, 2.05) is 91.0 Å². The van der Waals surface area contributed by atoms with Gasteiger partial charge in [-0.25, -0.2) is 4.79 Å². The largest absolute Gasteiger partial charge is 0.358 e. The molecule has 0 saturated carbocycles. The lowest BCUT2D eigenvalue weighted by Crippen LogP contribution is -2.39. The normalized spacial score (nSPS) is 19.5. The van der Waals surface area contributed by atoms with Crippen molar-refractivity contribution in [1.82, 2.24) is 9.55 Å². The highest BCUT2D eigenvalue weighted by Gasteiger charge is 2.43. The van der Waals surface area contributed by atoms with E-state index in [4.69, 9.17) is 25.9 Å². The van der Waals surface area contributed by atoms with E-state index < -0.39 is 39.8 Å². The number of nitrogens with one attached hydrogen (secondary N) is 1. The van der Waals surface area contributed by atoms with E-state index in [2.05, 4.69) is 4.98 Å². The van der Waals surface area contributed by atoms with Crippen molar-refractivity contribution in [2.24, 2.45) is 0 Å². The summed E-state index contributed by atoms with van der Waals surface area (Å²) in [5.41, 5.74) is 1.88. The molecule has 4 aromatic rings. The van der Waals surface area contributed by atoms with Gasteiger partial charge in [-0.15, -0.1) is 0 Å². The third-order valence-corrected chi connectivity index (χ3v) is 7.96. The molecule has 2 heterocycles. The average molecular weight is 579 g/mol. The van der Waals surface area contributed by atoms with E-state index in [1.165, 1.54) is 4.57 Å². The number of hydrogen-bond donors (Lipinski definition) is 1. The molecule has 1 aliphatic heterocycles. The fraction of sp³-hybridized carbons (Fsp3) is 0.267. The minimum Gasteiger partial charge on any atom is -0.358 e. The highest BCUT2D eigenvalue weighted by atomic mass is 32.2. The van der Waals surface area contributed by atoms with Crippen molar-refractivity contribution < 1.29 is 22.1 Å². The first-order valence-electron chi connectivity index (χ1n) is 12.8. The molecule has 5 rings (SSSR count). The number of benzene rings is 3. The molecule has 0 bridgehead atoms. The number of aromatic amines is 1. The average Bonchev–Trinajstić information content (AvgIpc) is 3.33. The minimum absolute atomic E-state index is 0.0219. The van der Waals surface area contributed by atoms with Gasteiger partial charge in [-0.1, -0.05) is 103 Å². The van der Waals surface area contributed by atoms with Gasteiger partial charge in [0.1, 0.15) is 28.7 Å². The second-order valence-corrected chi connectivity index (χ2v) is 11.8. The van der Waals surface area contributed by atoms with Crippen molar-refractivity contribution in [3.05, 3.63) is 135 Å². The summed E-state index contributed by atoms with van der Waals surface area (Å²) in [5, 5.41) is 0. The first-order chi connectivity index (χ1) is 19.2. The fourth-order valence-electron chi connectivity index (χ4n) is 5.12. The van der Waals surface area contributed by atoms with Crippen LogP contribution in [-0.2, 0) is 29.4 Å². The van der Waals surface area contributed by atoms with Crippen LogP contribution < -0.4 is 5.69 Å². The molecular weight excluding hydrogens is 548 g/mol. The van der Waals surface area contributed by atoms with Crippen LogP contribution in [0.2, 0.25) is 0 Å². The Labute approximate surface area is 238 Å². The maximum atomic E-state index is 12.7. The molecule has 0 unspecified atom stereocenters. The van der Waals surface area contributed by atoms with E-state index >= 15 is 0 Å². The molecular formula is C30H30N2O6S2. The van der Waals surface area contributed by atoms with Gasteiger partial charge in [0, 0.05) is 18.2 Å². The number of nitrogens with zero attached hydrogens (tertiary/aromatic N) is 1. The fourth-order valence-corrected chi connectivity index (χ4v) is 5.91. The molecule has 10 heteroatoms. The second-order valence-electron chi connectivity index (χ2n) is 9.77. The van der Waals surface area contributed by atoms with Crippen LogP contribution in [0.4, 0.5) is 0 Å². The van der Waals surface area contributed by atoms with Gasteiger partial charge in [0.25, 0.3) is 10.1 Å². The van der Waals surface area contributed by atoms with Crippen molar-refractivity contribution in [2.45, 2.75) is 37.4 Å². The molecule has 1 aliphatic rings. The topological polar surface area (TPSA) is 99.6 Å². The van der Waals surface area contributed by atoms with Gasteiger partial charge in [-0.2, -0.15) is 8.42 Å². The highest BCUT2D eigenvalue weighted by Crippen LogP contribution is 2.42. The van der Waals surface area contributed by atoms with Crippen LogP contribution in [-0.4, -0.2) is 43.0 Å². The molecule has 3 atom stereocenters. The predicted octanol–water partition coefficient (Wildman–Crippen LogP) is 4.86. The van der Waals surface area contributed by atoms with Crippen molar-refractivity contribution >= 4 is 22.3 Å². The van der Waals surface area contributed by atoms with Gasteiger partial charge in [0.2, 0.25) is 0 Å². The Morgan fingerprint density at radius 3 is 1.93 bits per heavy atom. The number of rotatable bonds is 9. The van der Waals surface area contributed by atoms with Gasteiger partial charge in [0.05, 0.1) is 12.9 Å². The van der Waals surface area contributed by atoms with Crippen molar-refractivity contribution in [1.29, 1.82) is 0 Å². The van der Waals surface area contributed by atoms with Crippen LogP contribution in [0.25, 0.3) is 0 Å². The Bertz CT molecular complexity index is 1580. The number of hydrogen-bond acceptors (Lipinski definition) is 7.